The van der Waals surface area contributed by atoms with Crippen molar-refractivity contribution in [1.29, 1.82) is 0 Å². The third-order valence-electron chi connectivity index (χ3n) is 1.11. The Balaban J connectivity index is 3.82. The maximum atomic E-state index is 10.3. The average Bonchev–Trinajstić information content (AvgIpc) is 1.87. The van der Waals surface area contributed by atoms with Gasteiger partial charge in [0.2, 0.25) is 0 Å². The van der Waals surface area contributed by atoms with Crippen LogP contribution in [0.15, 0.2) is 16.8 Å². The molecule has 2 heteroatoms. The Hall–Kier alpha value is -0.920. The first-order chi connectivity index (χ1) is 4.66. The molecule has 0 heterocycles. The monoisotopic (exact) mass is 139 g/mol. The highest BCUT2D eigenvalue weighted by molar-refractivity contribution is 6.26. The maximum absolute atomic E-state index is 10.3. The van der Waals surface area contributed by atoms with Gasteiger partial charge in [-0.2, -0.15) is 0 Å². The molecule has 0 saturated heterocycles. The lowest BCUT2D eigenvalue weighted by atomic mass is 10.3. The van der Waals surface area contributed by atoms with Gasteiger partial charge in [-0.15, -0.1) is 0 Å². The molecule has 0 aliphatic heterocycles. The van der Waals surface area contributed by atoms with Crippen molar-refractivity contribution in [2.24, 2.45) is 4.99 Å². The van der Waals surface area contributed by atoms with Crippen molar-refractivity contribution >= 4 is 12.0 Å². The highest BCUT2D eigenvalue weighted by Crippen LogP contribution is 1.96. The average molecular weight is 139 g/mol. The minimum Gasteiger partial charge on any atom is -0.293 e. The third kappa shape index (κ3) is 5.22. The molecular weight excluding hydrogens is 126 g/mol. The first kappa shape index (κ1) is 9.08. The van der Waals surface area contributed by atoms with Gasteiger partial charge in [0.15, 0.2) is 5.78 Å². The summed E-state index contributed by atoms with van der Waals surface area (Å²) in [4.78, 5) is 14.1. The normalized spacial score (nSPS) is 12.5. The van der Waals surface area contributed by atoms with Crippen molar-refractivity contribution in [3.8, 4) is 0 Å². The molecule has 0 spiro atoms. The van der Waals surface area contributed by atoms with Crippen LogP contribution < -0.4 is 0 Å². The van der Waals surface area contributed by atoms with Gasteiger partial charge in [0, 0.05) is 13.1 Å². The number of hydrogen-bond acceptors (Lipinski definition) is 2. The molecule has 0 aromatic rings. The molecule has 0 amide bonds. The van der Waals surface area contributed by atoms with Crippen LogP contribution in [-0.4, -0.2) is 12.0 Å². The molecule has 0 saturated carbocycles. The fourth-order valence-electron chi connectivity index (χ4n) is 0.361. The van der Waals surface area contributed by atoms with Gasteiger partial charge in [0.1, 0.15) is 0 Å². The second kappa shape index (κ2) is 4.91. The fourth-order valence-corrected chi connectivity index (χ4v) is 0.361. The first-order valence-corrected chi connectivity index (χ1v) is 3.36. The summed E-state index contributed by atoms with van der Waals surface area (Å²) >= 11 is 0. The quantitative estimate of drug-likeness (QED) is 0.549. The maximum Gasteiger partial charge on any atom is 0.170 e. The molecule has 0 radical (unpaired) electrons. The summed E-state index contributed by atoms with van der Waals surface area (Å²) in [6.45, 7) is 5.52. The molecule has 0 bridgehead atoms. The number of Topliss-reactive ketones (excluding diaryl/α,β-unsaturated/α-hetero) is 1. The molecule has 0 rings (SSSR count). The molecule has 0 aliphatic rings. The second-order valence-electron chi connectivity index (χ2n) is 2.22. The van der Waals surface area contributed by atoms with Crippen LogP contribution in [0.5, 0.6) is 0 Å². The van der Waals surface area contributed by atoms with Crippen LogP contribution in [0.4, 0.5) is 0 Å². The summed E-state index contributed by atoms with van der Waals surface area (Å²) in [7, 11) is 0. The van der Waals surface area contributed by atoms with E-state index in [1.54, 1.807) is 6.20 Å². The van der Waals surface area contributed by atoms with Crippen LogP contribution in [-0.2, 0) is 4.79 Å². The number of rotatable bonds is 3. The Kier molecular flexibility index (Phi) is 4.46. The highest BCUT2D eigenvalue weighted by atomic mass is 16.1. The molecule has 0 unspecified atom stereocenters. The van der Waals surface area contributed by atoms with E-state index in [0.717, 1.165) is 6.42 Å². The minimum absolute atomic E-state index is 0.0137. The number of ketones is 1. The van der Waals surface area contributed by atoms with Crippen LogP contribution in [0.25, 0.3) is 0 Å². The molecule has 0 aromatic carbocycles. The van der Waals surface area contributed by atoms with Crippen molar-refractivity contribution in [2.75, 3.05) is 0 Å². The van der Waals surface area contributed by atoms with E-state index in [1.807, 2.05) is 6.92 Å². The summed E-state index contributed by atoms with van der Waals surface area (Å²) in [5.74, 6) is -0.0137. The molecule has 10 heavy (non-hydrogen) atoms. The molecule has 0 fully saturated rings. The number of carbonyl (C=O) groups excluding carboxylic acids is 1. The van der Waals surface area contributed by atoms with E-state index >= 15 is 0 Å². The largest absolute Gasteiger partial charge is 0.293 e. The number of aliphatic imine (C=N–C) groups is 1. The van der Waals surface area contributed by atoms with Crippen molar-refractivity contribution in [3.63, 3.8) is 0 Å². The zero-order chi connectivity index (χ0) is 7.98. The first-order valence-electron chi connectivity index (χ1n) is 3.36. The molecule has 0 aromatic heterocycles. The zero-order valence-electron chi connectivity index (χ0n) is 6.72. The Morgan fingerprint density at radius 2 is 2.10 bits per heavy atom. The molecule has 0 N–H and O–H groups in total. The minimum atomic E-state index is -0.0137. The third-order valence-corrected chi connectivity index (χ3v) is 1.11. The van der Waals surface area contributed by atoms with Crippen LogP contribution in [0.3, 0.4) is 0 Å². The van der Waals surface area contributed by atoms with Gasteiger partial charge in [-0.25, -0.2) is 0 Å². The van der Waals surface area contributed by atoms with E-state index in [2.05, 4.69) is 11.9 Å². The Morgan fingerprint density at radius 1 is 1.50 bits per heavy atom. The molecular formula is C8H13NO. The number of carbonyl (C=O) groups is 1. The van der Waals surface area contributed by atoms with Crippen molar-refractivity contribution < 1.29 is 4.79 Å². The van der Waals surface area contributed by atoms with Gasteiger partial charge < -0.3 is 0 Å². The molecule has 2 nitrogen and oxygen atoms in total. The van der Waals surface area contributed by atoms with Crippen LogP contribution >= 0.6 is 0 Å². The predicted octanol–water partition coefficient (Wildman–Crippen LogP) is 1.96. The Morgan fingerprint density at radius 3 is 2.50 bits per heavy atom. The van der Waals surface area contributed by atoms with Crippen molar-refractivity contribution in [3.05, 3.63) is 11.8 Å². The summed E-state index contributed by atoms with van der Waals surface area (Å²) in [5, 5.41) is 0. The van der Waals surface area contributed by atoms with Gasteiger partial charge in [0.25, 0.3) is 0 Å². The van der Waals surface area contributed by atoms with Gasteiger partial charge in [-0.3, -0.25) is 9.79 Å². The van der Waals surface area contributed by atoms with Crippen LogP contribution in [0, 0.1) is 0 Å². The summed E-state index contributed by atoms with van der Waals surface area (Å²) in [6.07, 6.45) is 4.01. The van der Waals surface area contributed by atoms with E-state index in [9.17, 15) is 4.79 Å². The van der Waals surface area contributed by atoms with E-state index in [4.69, 9.17) is 0 Å². The summed E-state index contributed by atoms with van der Waals surface area (Å²) in [6, 6.07) is 0. The lowest BCUT2D eigenvalue weighted by Gasteiger charge is -1.87. The molecule has 0 aliphatic carbocycles. The van der Waals surface area contributed by atoms with Crippen molar-refractivity contribution in [1.82, 2.24) is 0 Å². The number of allylic oxidation sites excluding steroid dienone is 1. The Labute approximate surface area is 61.7 Å². The topological polar surface area (TPSA) is 29.4 Å². The van der Waals surface area contributed by atoms with E-state index in [1.165, 1.54) is 18.7 Å². The van der Waals surface area contributed by atoms with Crippen LogP contribution in [0.2, 0.25) is 0 Å². The molecule has 0 atom stereocenters. The Bertz CT molecular complexity index is 168. The molecule has 56 valence electrons. The van der Waals surface area contributed by atoms with Gasteiger partial charge >= 0.3 is 0 Å². The zero-order valence-corrected chi connectivity index (χ0v) is 6.72. The standard InChI is InChI=1S/C8H13NO/c1-4-7(2)5-9-6-8(3)10/h5-6H,4H2,1-3H3/b7-5+,9-6-. The fraction of sp³-hybridized carbons (Fsp3) is 0.500. The van der Waals surface area contributed by atoms with Gasteiger partial charge in [-0.05, 0) is 13.3 Å². The predicted molar refractivity (Wildman–Crippen MR) is 43.2 cm³/mol. The highest BCUT2D eigenvalue weighted by Gasteiger charge is 1.81. The van der Waals surface area contributed by atoms with Crippen LogP contribution in [0.1, 0.15) is 27.2 Å². The lowest BCUT2D eigenvalue weighted by Crippen LogP contribution is -1.87. The summed E-state index contributed by atoms with van der Waals surface area (Å²) < 4.78 is 0. The van der Waals surface area contributed by atoms with Gasteiger partial charge in [0.05, 0.1) is 6.21 Å². The van der Waals surface area contributed by atoms with Gasteiger partial charge in [-0.1, -0.05) is 12.5 Å². The SMILES string of the molecule is CC/C(C)=C/N=C\C(C)=O. The van der Waals surface area contributed by atoms with E-state index in [0.29, 0.717) is 0 Å². The van der Waals surface area contributed by atoms with E-state index in [-0.39, 0.29) is 5.78 Å². The smallest absolute Gasteiger partial charge is 0.170 e. The number of nitrogens with zero attached hydrogens (tertiary/aromatic N) is 1. The number of hydrogen-bond donors (Lipinski definition) is 0. The van der Waals surface area contributed by atoms with E-state index < -0.39 is 0 Å². The second-order valence-corrected chi connectivity index (χ2v) is 2.22. The summed E-state index contributed by atoms with van der Waals surface area (Å²) in [5.41, 5.74) is 1.18. The van der Waals surface area contributed by atoms with Crippen molar-refractivity contribution in [2.45, 2.75) is 27.2 Å². The lowest BCUT2D eigenvalue weighted by molar-refractivity contribution is -0.110.